The lowest BCUT2D eigenvalue weighted by Gasteiger charge is -2.11. The van der Waals surface area contributed by atoms with Gasteiger partial charge in [0.1, 0.15) is 0 Å². The molecule has 1 aromatic carbocycles. The molecule has 94 valence electrons. The number of nitrogens with one attached hydrogen (secondary N) is 1. The molecule has 2 rings (SSSR count). The van der Waals surface area contributed by atoms with Gasteiger partial charge in [-0.05, 0) is 30.5 Å². The molecule has 1 aromatic heterocycles. The average molecular weight is 243 g/mol. The number of hydrogen-bond acceptors (Lipinski definition) is 2. The van der Waals surface area contributed by atoms with Crippen LogP contribution in [0.25, 0.3) is 0 Å². The van der Waals surface area contributed by atoms with Crippen LogP contribution in [-0.4, -0.2) is 15.7 Å². The average Bonchev–Trinajstić information content (AvgIpc) is 2.78. The van der Waals surface area contributed by atoms with Crippen molar-refractivity contribution >= 4 is 11.6 Å². The van der Waals surface area contributed by atoms with Crippen LogP contribution in [0.15, 0.2) is 30.5 Å². The molecule has 0 radical (unpaired) electrons. The lowest BCUT2D eigenvalue weighted by atomic mass is 10.1. The zero-order valence-electron chi connectivity index (χ0n) is 10.9. The van der Waals surface area contributed by atoms with Gasteiger partial charge >= 0.3 is 0 Å². The monoisotopic (exact) mass is 243 g/mol. The van der Waals surface area contributed by atoms with Crippen molar-refractivity contribution < 1.29 is 4.79 Å². The van der Waals surface area contributed by atoms with E-state index in [0.29, 0.717) is 5.69 Å². The van der Waals surface area contributed by atoms with Gasteiger partial charge in [0.15, 0.2) is 5.69 Å². The highest BCUT2D eigenvalue weighted by atomic mass is 16.1. The second-order valence-electron chi connectivity index (χ2n) is 4.29. The maximum Gasteiger partial charge on any atom is 0.276 e. The van der Waals surface area contributed by atoms with Crippen LogP contribution in [0, 0.1) is 6.92 Å². The third kappa shape index (κ3) is 2.42. The number of nitrogens with zero attached hydrogens (tertiary/aromatic N) is 2. The van der Waals surface area contributed by atoms with Gasteiger partial charge in [0.25, 0.3) is 5.91 Å². The van der Waals surface area contributed by atoms with E-state index in [2.05, 4.69) is 17.3 Å². The van der Waals surface area contributed by atoms with E-state index in [1.54, 1.807) is 24.0 Å². The SMILES string of the molecule is CCc1cccc(C)c1NC(=O)c1ccn(C)n1. The lowest BCUT2D eigenvalue weighted by Crippen LogP contribution is -2.15. The van der Waals surface area contributed by atoms with Gasteiger partial charge in [-0.15, -0.1) is 0 Å². The van der Waals surface area contributed by atoms with Crippen molar-refractivity contribution in [2.24, 2.45) is 7.05 Å². The molecule has 0 aliphatic carbocycles. The van der Waals surface area contributed by atoms with E-state index in [1.807, 2.05) is 25.1 Å². The van der Waals surface area contributed by atoms with E-state index < -0.39 is 0 Å². The molecule has 0 spiro atoms. The fraction of sp³-hybridized carbons (Fsp3) is 0.286. The number of amides is 1. The minimum absolute atomic E-state index is 0.167. The first-order chi connectivity index (χ1) is 8.61. The van der Waals surface area contributed by atoms with E-state index in [4.69, 9.17) is 0 Å². The fourth-order valence-corrected chi connectivity index (χ4v) is 1.92. The van der Waals surface area contributed by atoms with Crippen molar-refractivity contribution in [3.8, 4) is 0 Å². The van der Waals surface area contributed by atoms with Crippen molar-refractivity contribution in [3.63, 3.8) is 0 Å². The maximum atomic E-state index is 12.1. The highest BCUT2D eigenvalue weighted by Gasteiger charge is 2.12. The van der Waals surface area contributed by atoms with Crippen molar-refractivity contribution in [2.75, 3.05) is 5.32 Å². The second kappa shape index (κ2) is 5.04. The maximum absolute atomic E-state index is 12.1. The molecular weight excluding hydrogens is 226 g/mol. The Morgan fingerprint density at radius 2 is 2.17 bits per heavy atom. The van der Waals surface area contributed by atoms with Gasteiger partial charge in [-0.2, -0.15) is 5.10 Å². The number of aromatic nitrogens is 2. The molecule has 0 fully saturated rings. The Balaban J connectivity index is 2.26. The van der Waals surface area contributed by atoms with Crippen molar-refractivity contribution in [1.29, 1.82) is 0 Å². The first-order valence-corrected chi connectivity index (χ1v) is 6.01. The highest BCUT2D eigenvalue weighted by Crippen LogP contribution is 2.21. The molecule has 1 amide bonds. The predicted molar refractivity (Wildman–Crippen MR) is 71.7 cm³/mol. The van der Waals surface area contributed by atoms with Crippen LogP contribution in [0.3, 0.4) is 0 Å². The number of para-hydroxylation sites is 1. The Morgan fingerprint density at radius 1 is 1.39 bits per heavy atom. The van der Waals surface area contributed by atoms with Gasteiger partial charge in [-0.1, -0.05) is 25.1 Å². The molecule has 0 aliphatic rings. The summed E-state index contributed by atoms with van der Waals surface area (Å²) >= 11 is 0. The van der Waals surface area contributed by atoms with E-state index in [-0.39, 0.29) is 5.91 Å². The summed E-state index contributed by atoms with van der Waals surface area (Å²) in [4.78, 5) is 12.1. The van der Waals surface area contributed by atoms with Crippen LogP contribution in [0.5, 0.6) is 0 Å². The van der Waals surface area contributed by atoms with Crippen molar-refractivity contribution in [1.82, 2.24) is 9.78 Å². The molecule has 0 unspecified atom stereocenters. The number of anilines is 1. The first-order valence-electron chi connectivity index (χ1n) is 6.01. The summed E-state index contributed by atoms with van der Waals surface area (Å²) in [6.45, 7) is 4.07. The third-order valence-electron chi connectivity index (χ3n) is 2.92. The van der Waals surface area contributed by atoms with Crippen LogP contribution in [0.2, 0.25) is 0 Å². The molecule has 4 heteroatoms. The summed E-state index contributed by atoms with van der Waals surface area (Å²) in [6.07, 6.45) is 2.65. The van der Waals surface area contributed by atoms with E-state index in [0.717, 1.165) is 23.2 Å². The number of carbonyl (C=O) groups excluding carboxylic acids is 1. The second-order valence-corrected chi connectivity index (χ2v) is 4.29. The molecule has 0 bridgehead atoms. The molecule has 0 saturated heterocycles. The summed E-state index contributed by atoms with van der Waals surface area (Å²) in [6, 6.07) is 7.73. The van der Waals surface area contributed by atoms with Crippen LogP contribution in [0.1, 0.15) is 28.5 Å². The van der Waals surface area contributed by atoms with Crippen LogP contribution in [0.4, 0.5) is 5.69 Å². The molecular formula is C14H17N3O. The Morgan fingerprint density at radius 3 is 2.78 bits per heavy atom. The van der Waals surface area contributed by atoms with Crippen LogP contribution in [-0.2, 0) is 13.5 Å². The summed E-state index contributed by atoms with van der Waals surface area (Å²) in [5.41, 5.74) is 3.54. The quantitative estimate of drug-likeness (QED) is 0.900. The number of carbonyl (C=O) groups is 1. The zero-order valence-corrected chi connectivity index (χ0v) is 10.9. The highest BCUT2D eigenvalue weighted by molar-refractivity contribution is 6.03. The molecule has 0 saturated carbocycles. The van der Waals surface area contributed by atoms with Crippen molar-refractivity contribution in [3.05, 3.63) is 47.3 Å². The topological polar surface area (TPSA) is 46.9 Å². The van der Waals surface area contributed by atoms with E-state index >= 15 is 0 Å². The van der Waals surface area contributed by atoms with Gasteiger partial charge < -0.3 is 5.32 Å². The Bertz CT molecular complexity index is 572. The summed E-state index contributed by atoms with van der Waals surface area (Å²) in [5.74, 6) is -0.167. The molecule has 18 heavy (non-hydrogen) atoms. The minimum atomic E-state index is -0.167. The number of rotatable bonds is 3. The molecule has 4 nitrogen and oxygen atoms in total. The van der Waals surface area contributed by atoms with Gasteiger partial charge in [-0.25, -0.2) is 0 Å². The smallest absolute Gasteiger partial charge is 0.276 e. The molecule has 0 aliphatic heterocycles. The van der Waals surface area contributed by atoms with Gasteiger partial charge in [0, 0.05) is 18.9 Å². The Hall–Kier alpha value is -2.10. The molecule has 1 N–H and O–H groups in total. The van der Waals surface area contributed by atoms with Crippen molar-refractivity contribution in [2.45, 2.75) is 20.3 Å². The normalized spacial score (nSPS) is 10.4. The largest absolute Gasteiger partial charge is 0.320 e. The fourth-order valence-electron chi connectivity index (χ4n) is 1.92. The minimum Gasteiger partial charge on any atom is -0.320 e. The molecule has 2 aromatic rings. The Labute approximate surface area is 107 Å². The zero-order chi connectivity index (χ0) is 13.1. The number of benzene rings is 1. The summed E-state index contributed by atoms with van der Waals surface area (Å²) in [7, 11) is 1.79. The summed E-state index contributed by atoms with van der Waals surface area (Å²) < 4.78 is 1.62. The van der Waals surface area contributed by atoms with E-state index in [1.165, 1.54) is 0 Å². The molecule has 0 atom stereocenters. The lowest BCUT2D eigenvalue weighted by molar-refractivity contribution is 0.102. The predicted octanol–water partition coefficient (Wildman–Crippen LogP) is 2.54. The first kappa shape index (κ1) is 12.4. The number of hydrogen-bond donors (Lipinski definition) is 1. The molecule has 1 heterocycles. The van der Waals surface area contributed by atoms with Gasteiger partial charge in [-0.3, -0.25) is 9.48 Å². The van der Waals surface area contributed by atoms with Crippen LogP contribution < -0.4 is 5.32 Å². The number of aryl methyl sites for hydroxylation is 3. The standard InChI is InChI=1S/C14H17N3O/c1-4-11-7-5-6-10(2)13(11)15-14(18)12-8-9-17(3)16-12/h5-9H,4H2,1-3H3,(H,15,18). The summed E-state index contributed by atoms with van der Waals surface area (Å²) in [5, 5.41) is 7.04. The Kier molecular flexibility index (Phi) is 3.46. The third-order valence-corrected chi connectivity index (χ3v) is 2.92. The van der Waals surface area contributed by atoms with Gasteiger partial charge in [0.2, 0.25) is 0 Å². The van der Waals surface area contributed by atoms with Crippen LogP contribution >= 0.6 is 0 Å². The van der Waals surface area contributed by atoms with E-state index in [9.17, 15) is 4.79 Å². The van der Waals surface area contributed by atoms with Gasteiger partial charge in [0.05, 0.1) is 0 Å².